The van der Waals surface area contributed by atoms with Crippen LogP contribution in [0.1, 0.15) is 15.9 Å². The normalized spacial score (nSPS) is 10.3. The fourth-order valence-electron chi connectivity index (χ4n) is 1.87. The lowest BCUT2D eigenvalue weighted by Gasteiger charge is -2.18. The smallest absolute Gasteiger partial charge is 0.256 e. The number of carbonyl (C=O) groups is 1. The first-order valence-electron chi connectivity index (χ1n) is 6.06. The predicted octanol–water partition coefficient (Wildman–Crippen LogP) is 2.39. The third-order valence-electron chi connectivity index (χ3n) is 2.95. The van der Waals surface area contributed by atoms with Crippen molar-refractivity contribution in [2.45, 2.75) is 6.54 Å². The summed E-state index contributed by atoms with van der Waals surface area (Å²) < 4.78 is 13.2. The Hall–Kier alpha value is -2.56. The highest BCUT2D eigenvalue weighted by Gasteiger charge is 2.15. The van der Waals surface area contributed by atoms with Crippen LogP contribution in [-0.4, -0.2) is 23.0 Å². The predicted molar refractivity (Wildman–Crippen MR) is 74.7 cm³/mol. The van der Waals surface area contributed by atoms with Gasteiger partial charge in [0, 0.05) is 19.3 Å². The van der Waals surface area contributed by atoms with E-state index in [0.717, 1.165) is 11.6 Å². The van der Waals surface area contributed by atoms with E-state index in [2.05, 4.69) is 0 Å². The van der Waals surface area contributed by atoms with Crippen molar-refractivity contribution in [1.82, 2.24) is 4.90 Å². The lowest BCUT2D eigenvalue weighted by Crippen LogP contribution is -2.27. The van der Waals surface area contributed by atoms with E-state index in [0.29, 0.717) is 6.54 Å². The number of carbonyl (C=O) groups excluding carboxylic acids is 1. The van der Waals surface area contributed by atoms with Crippen LogP contribution < -0.4 is 5.73 Å². The summed E-state index contributed by atoms with van der Waals surface area (Å²) in [5.74, 6) is -0.687. The summed E-state index contributed by atoms with van der Waals surface area (Å²) >= 11 is 0. The van der Waals surface area contributed by atoms with Crippen molar-refractivity contribution in [2.24, 2.45) is 0 Å². The summed E-state index contributed by atoms with van der Waals surface area (Å²) in [7, 11) is 1.61. The van der Waals surface area contributed by atoms with Crippen LogP contribution in [0.4, 0.5) is 10.1 Å². The van der Waals surface area contributed by atoms with Gasteiger partial charge in [0.25, 0.3) is 5.91 Å². The molecule has 0 saturated heterocycles. The number of nitrogen functional groups attached to an aromatic ring is 1. The Balaban J connectivity index is 2.16. The van der Waals surface area contributed by atoms with Gasteiger partial charge in [0.2, 0.25) is 0 Å². The molecule has 0 aliphatic rings. The Morgan fingerprint density at radius 2 is 1.90 bits per heavy atom. The van der Waals surface area contributed by atoms with Crippen molar-refractivity contribution in [3.8, 4) is 5.75 Å². The Bertz CT molecular complexity index is 626. The van der Waals surface area contributed by atoms with Gasteiger partial charge in [0.15, 0.2) is 0 Å². The van der Waals surface area contributed by atoms with Crippen molar-refractivity contribution in [3.05, 3.63) is 59.4 Å². The molecule has 4 nitrogen and oxygen atoms in total. The van der Waals surface area contributed by atoms with E-state index in [4.69, 9.17) is 5.73 Å². The molecule has 0 heterocycles. The molecule has 2 aromatic carbocycles. The van der Waals surface area contributed by atoms with E-state index in [1.165, 1.54) is 17.0 Å². The van der Waals surface area contributed by atoms with Gasteiger partial charge in [-0.25, -0.2) is 4.39 Å². The second-order valence-corrected chi connectivity index (χ2v) is 4.56. The van der Waals surface area contributed by atoms with Gasteiger partial charge in [0.1, 0.15) is 11.6 Å². The molecule has 0 fully saturated rings. The van der Waals surface area contributed by atoms with Crippen molar-refractivity contribution in [1.29, 1.82) is 0 Å². The van der Waals surface area contributed by atoms with Crippen LogP contribution in [0.15, 0.2) is 42.5 Å². The van der Waals surface area contributed by atoms with Gasteiger partial charge in [-0.1, -0.05) is 12.1 Å². The number of amides is 1. The fourth-order valence-corrected chi connectivity index (χ4v) is 1.87. The number of nitrogens with zero attached hydrogens (tertiary/aromatic N) is 1. The SMILES string of the molecule is CN(Cc1ccc(O)cc1)C(=O)c1cc(F)ccc1N. The molecule has 5 heteroatoms. The number of halogens is 1. The highest BCUT2D eigenvalue weighted by Crippen LogP contribution is 2.17. The van der Waals surface area contributed by atoms with Gasteiger partial charge in [-0.05, 0) is 35.9 Å². The topological polar surface area (TPSA) is 66.6 Å². The first-order chi connectivity index (χ1) is 9.47. The van der Waals surface area contributed by atoms with E-state index in [-0.39, 0.29) is 22.9 Å². The third-order valence-corrected chi connectivity index (χ3v) is 2.95. The van der Waals surface area contributed by atoms with Crippen LogP contribution in [-0.2, 0) is 6.54 Å². The minimum Gasteiger partial charge on any atom is -0.508 e. The molecule has 1 amide bonds. The average molecular weight is 274 g/mol. The van der Waals surface area contributed by atoms with Crippen LogP contribution in [0.3, 0.4) is 0 Å². The van der Waals surface area contributed by atoms with Gasteiger partial charge in [-0.3, -0.25) is 4.79 Å². The summed E-state index contributed by atoms with van der Waals surface area (Å²) in [5.41, 5.74) is 6.94. The van der Waals surface area contributed by atoms with E-state index in [1.54, 1.807) is 31.3 Å². The monoisotopic (exact) mass is 274 g/mol. The molecule has 104 valence electrons. The van der Waals surface area contributed by atoms with Crippen molar-refractivity contribution in [2.75, 3.05) is 12.8 Å². The summed E-state index contributed by atoms with van der Waals surface area (Å²) in [5, 5.41) is 9.21. The number of phenolic OH excluding ortho intramolecular Hbond substituents is 1. The van der Waals surface area contributed by atoms with Crippen LogP contribution >= 0.6 is 0 Å². The lowest BCUT2D eigenvalue weighted by molar-refractivity contribution is 0.0785. The van der Waals surface area contributed by atoms with Crippen LogP contribution in [0.2, 0.25) is 0 Å². The number of benzene rings is 2. The summed E-state index contributed by atoms with van der Waals surface area (Å²) in [6.45, 7) is 0.342. The zero-order valence-corrected chi connectivity index (χ0v) is 11.0. The number of hydrogen-bond donors (Lipinski definition) is 2. The zero-order chi connectivity index (χ0) is 14.7. The number of rotatable bonds is 3. The molecule has 20 heavy (non-hydrogen) atoms. The maximum atomic E-state index is 13.2. The summed E-state index contributed by atoms with van der Waals surface area (Å²) in [6.07, 6.45) is 0. The average Bonchev–Trinajstić information content (AvgIpc) is 2.43. The molecule has 0 aromatic heterocycles. The summed E-state index contributed by atoms with van der Waals surface area (Å²) in [4.78, 5) is 13.7. The lowest BCUT2D eigenvalue weighted by atomic mass is 10.1. The Morgan fingerprint density at radius 1 is 1.25 bits per heavy atom. The summed E-state index contributed by atoms with van der Waals surface area (Å²) in [6, 6.07) is 10.2. The van der Waals surface area contributed by atoms with Crippen molar-refractivity contribution in [3.63, 3.8) is 0 Å². The molecule has 0 atom stereocenters. The van der Waals surface area contributed by atoms with Gasteiger partial charge >= 0.3 is 0 Å². The Labute approximate surface area is 116 Å². The van der Waals surface area contributed by atoms with E-state index in [1.807, 2.05) is 0 Å². The molecule has 0 radical (unpaired) electrons. The van der Waals surface area contributed by atoms with Gasteiger partial charge < -0.3 is 15.7 Å². The molecule has 2 aromatic rings. The number of nitrogens with two attached hydrogens (primary N) is 1. The van der Waals surface area contributed by atoms with E-state index < -0.39 is 5.82 Å². The second kappa shape index (κ2) is 5.61. The number of anilines is 1. The van der Waals surface area contributed by atoms with Crippen molar-refractivity contribution >= 4 is 11.6 Å². The fraction of sp³-hybridized carbons (Fsp3) is 0.133. The molecule has 0 bridgehead atoms. The molecule has 0 aliphatic heterocycles. The maximum absolute atomic E-state index is 13.2. The molecular weight excluding hydrogens is 259 g/mol. The Kier molecular flexibility index (Phi) is 3.89. The molecule has 0 saturated carbocycles. The standard InChI is InChI=1S/C15H15FN2O2/c1-18(9-10-2-5-12(19)6-3-10)15(20)13-8-11(16)4-7-14(13)17/h2-8,19H,9,17H2,1H3. The quantitative estimate of drug-likeness (QED) is 0.844. The molecule has 3 N–H and O–H groups in total. The Morgan fingerprint density at radius 3 is 2.55 bits per heavy atom. The van der Waals surface area contributed by atoms with Gasteiger partial charge in [-0.15, -0.1) is 0 Å². The van der Waals surface area contributed by atoms with Crippen molar-refractivity contribution < 1.29 is 14.3 Å². The zero-order valence-electron chi connectivity index (χ0n) is 11.0. The molecular formula is C15H15FN2O2. The molecule has 2 rings (SSSR count). The minimum absolute atomic E-state index is 0.145. The largest absolute Gasteiger partial charge is 0.508 e. The first kappa shape index (κ1) is 13.9. The third kappa shape index (κ3) is 3.06. The van der Waals surface area contributed by atoms with E-state index in [9.17, 15) is 14.3 Å². The highest BCUT2D eigenvalue weighted by atomic mass is 19.1. The first-order valence-corrected chi connectivity index (χ1v) is 6.06. The van der Waals surface area contributed by atoms with Gasteiger partial charge in [-0.2, -0.15) is 0 Å². The molecule has 0 unspecified atom stereocenters. The second-order valence-electron chi connectivity index (χ2n) is 4.56. The molecule has 0 aliphatic carbocycles. The molecule has 0 spiro atoms. The van der Waals surface area contributed by atoms with Crippen LogP contribution in [0.5, 0.6) is 5.75 Å². The maximum Gasteiger partial charge on any atom is 0.256 e. The van der Waals surface area contributed by atoms with Gasteiger partial charge in [0.05, 0.1) is 5.56 Å². The van der Waals surface area contributed by atoms with Crippen LogP contribution in [0, 0.1) is 5.82 Å². The minimum atomic E-state index is -0.499. The number of hydrogen-bond acceptors (Lipinski definition) is 3. The number of aromatic hydroxyl groups is 1. The van der Waals surface area contributed by atoms with E-state index >= 15 is 0 Å². The van der Waals surface area contributed by atoms with Crippen LogP contribution in [0.25, 0.3) is 0 Å². The number of phenols is 1. The highest BCUT2D eigenvalue weighted by molar-refractivity contribution is 5.98.